The van der Waals surface area contributed by atoms with Crippen molar-refractivity contribution in [1.29, 1.82) is 0 Å². The molecule has 2 nitrogen and oxygen atoms in total. The first-order valence-electron chi connectivity index (χ1n) is 4.37. The van der Waals surface area contributed by atoms with Gasteiger partial charge in [0, 0.05) is 12.0 Å². The molecule has 0 fully saturated rings. The lowest BCUT2D eigenvalue weighted by molar-refractivity contribution is -0.116. The molecule has 0 spiro atoms. The van der Waals surface area contributed by atoms with E-state index in [1.165, 1.54) is 6.20 Å². The number of carbonyl (C=O) groups excluding carboxylic acids is 1. The Morgan fingerprint density at radius 2 is 2.00 bits per heavy atom. The minimum Gasteiger partial charge on any atom is -0.329 e. The van der Waals surface area contributed by atoms with Gasteiger partial charge in [-0.15, -0.1) is 0 Å². The minimum absolute atomic E-state index is 0.177. The topological polar surface area (TPSA) is 29.1 Å². The van der Waals surface area contributed by atoms with Gasteiger partial charge in [-0.1, -0.05) is 43.5 Å². The van der Waals surface area contributed by atoms with Crippen molar-refractivity contribution >= 4 is 5.91 Å². The maximum atomic E-state index is 11.3. The van der Waals surface area contributed by atoms with Gasteiger partial charge < -0.3 is 5.32 Å². The first-order valence-corrected chi connectivity index (χ1v) is 4.37. The summed E-state index contributed by atoms with van der Waals surface area (Å²) in [7, 11) is 0. The lowest BCUT2D eigenvalue weighted by atomic mass is 10.1. The Balaban J connectivity index is 2.57. The van der Waals surface area contributed by atoms with Crippen LogP contribution in [0.25, 0.3) is 0 Å². The highest BCUT2D eigenvalue weighted by Gasteiger charge is 2.04. The van der Waals surface area contributed by atoms with E-state index in [0.717, 1.165) is 5.56 Å². The Labute approximate surface area is 84.0 Å². The van der Waals surface area contributed by atoms with Gasteiger partial charge in [0.25, 0.3) is 5.91 Å². The van der Waals surface area contributed by atoms with Gasteiger partial charge >= 0.3 is 0 Å². The van der Waals surface area contributed by atoms with Gasteiger partial charge in [0.1, 0.15) is 0 Å². The second-order valence-electron chi connectivity index (χ2n) is 2.94. The average molecular weight is 187 g/mol. The van der Waals surface area contributed by atoms with E-state index in [2.05, 4.69) is 18.5 Å². The summed E-state index contributed by atoms with van der Waals surface area (Å²) in [5.41, 5.74) is 1.62. The third kappa shape index (κ3) is 2.90. The molecule has 2 heteroatoms. The smallest absolute Gasteiger partial charge is 0.250 e. The van der Waals surface area contributed by atoms with Crippen molar-refractivity contribution in [1.82, 2.24) is 5.32 Å². The van der Waals surface area contributed by atoms with Crippen molar-refractivity contribution in [3.05, 3.63) is 60.8 Å². The first kappa shape index (κ1) is 10.3. The van der Waals surface area contributed by atoms with Crippen LogP contribution >= 0.6 is 0 Å². The van der Waals surface area contributed by atoms with Crippen LogP contribution in [0.2, 0.25) is 0 Å². The molecule has 0 aromatic heterocycles. The number of hydrogen-bond acceptors (Lipinski definition) is 1. The zero-order chi connectivity index (χ0) is 10.4. The van der Waals surface area contributed by atoms with Gasteiger partial charge in [0.15, 0.2) is 0 Å². The predicted octanol–water partition coefficient (Wildman–Crippen LogP) is 2.04. The molecule has 0 aliphatic carbocycles. The zero-order valence-corrected chi connectivity index (χ0v) is 7.99. The fourth-order valence-corrected chi connectivity index (χ4v) is 1.12. The Bertz CT molecular complexity index is 341. The zero-order valence-electron chi connectivity index (χ0n) is 7.99. The Hall–Kier alpha value is -1.83. The molecule has 1 aromatic rings. The number of amides is 1. The van der Waals surface area contributed by atoms with Crippen molar-refractivity contribution in [3.63, 3.8) is 0 Å². The molecular weight excluding hydrogens is 174 g/mol. The average Bonchev–Trinajstić information content (AvgIpc) is 2.19. The Morgan fingerprint density at radius 1 is 1.36 bits per heavy atom. The fourth-order valence-electron chi connectivity index (χ4n) is 1.12. The molecule has 1 rings (SSSR count). The van der Waals surface area contributed by atoms with E-state index in [4.69, 9.17) is 0 Å². The largest absolute Gasteiger partial charge is 0.329 e. The van der Waals surface area contributed by atoms with Gasteiger partial charge in [-0.05, 0) is 11.8 Å². The van der Waals surface area contributed by atoms with E-state index in [1.54, 1.807) is 0 Å². The van der Waals surface area contributed by atoms with E-state index in [0.29, 0.717) is 12.0 Å². The summed E-state index contributed by atoms with van der Waals surface area (Å²) in [6, 6.07) is 9.75. The van der Waals surface area contributed by atoms with Gasteiger partial charge in [-0.3, -0.25) is 4.79 Å². The van der Waals surface area contributed by atoms with Crippen molar-refractivity contribution in [2.45, 2.75) is 6.42 Å². The van der Waals surface area contributed by atoms with Crippen LogP contribution < -0.4 is 5.32 Å². The normalized spacial score (nSPS) is 9.14. The van der Waals surface area contributed by atoms with Gasteiger partial charge in [-0.25, -0.2) is 0 Å². The number of carbonyl (C=O) groups is 1. The molecule has 0 aliphatic heterocycles. The minimum atomic E-state index is -0.177. The van der Waals surface area contributed by atoms with E-state index in [9.17, 15) is 4.79 Å². The molecule has 0 heterocycles. The SMILES string of the molecule is C=CNC(=O)C(=C)Cc1ccccc1. The van der Waals surface area contributed by atoms with Gasteiger partial charge in [-0.2, -0.15) is 0 Å². The third-order valence-corrected chi connectivity index (χ3v) is 1.81. The highest BCUT2D eigenvalue weighted by molar-refractivity contribution is 5.93. The molecule has 0 saturated heterocycles. The van der Waals surface area contributed by atoms with Crippen LogP contribution in [0.5, 0.6) is 0 Å². The van der Waals surface area contributed by atoms with Crippen LogP contribution in [0.3, 0.4) is 0 Å². The van der Waals surface area contributed by atoms with Crippen molar-refractivity contribution in [3.8, 4) is 0 Å². The molecule has 0 aliphatic rings. The van der Waals surface area contributed by atoms with Crippen LogP contribution in [-0.4, -0.2) is 5.91 Å². The monoisotopic (exact) mass is 187 g/mol. The number of nitrogens with one attached hydrogen (secondary N) is 1. The number of rotatable bonds is 4. The predicted molar refractivity (Wildman–Crippen MR) is 57.6 cm³/mol. The second kappa shape index (κ2) is 5.02. The molecule has 14 heavy (non-hydrogen) atoms. The first-order chi connectivity index (χ1) is 6.74. The summed E-state index contributed by atoms with van der Waals surface area (Å²) >= 11 is 0. The molecule has 0 unspecified atom stereocenters. The van der Waals surface area contributed by atoms with Crippen LogP contribution in [0.4, 0.5) is 0 Å². The standard InChI is InChI=1S/C12H13NO/c1-3-13-12(14)10(2)9-11-7-5-4-6-8-11/h3-8H,1-2,9H2,(H,13,14). The van der Waals surface area contributed by atoms with Crippen molar-refractivity contribution in [2.75, 3.05) is 0 Å². The lowest BCUT2D eigenvalue weighted by Crippen LogP contribution is -2.19. The number of hydrogen-bond donors (Lipinski definition) is 1. The Kier molecular flexibility index (Phi) is 3.68. The van der Waals surface area contributed by atoms with Crippen molar-refractivity contribution in [2.24, 2.45) is 0 Å². The molecular formula is C12H13NO. The third-order valence-electron chi connectivity index (χ3n) is 1.81. The van der Waals surface area contributed by atoms with E-state index in [-0.39, 0.29) is 5.91 Å². The second-order valence-corrected chi connectivity index (χ2v) is 2.94. The fraction of sp³-hybridized carbons (Fsp3) is 0.0833. The quantitative estimate of drug-likeness (QED) is 0.718. The van der Waals surface area contributed by atoms with Gasteiger partial charge in [0.2, 0.25) is 0 Å². The van der Waals surface area contributed by atoms with Crippen molar-refractivity contribution < 1.29 is 4.79 Å². The van der Waals surface area contributed by atoms with Crippen LogP contribution in [0.1, 0.15) is 5.56 Å². The van der Waals surface area contributed by atoms with Crippen LogP contribution in [0.15, 0.2) is 55.3 Å². The van der Waals surface area contributed by atoms with E-state index in [1.807, 2.05) is 30.3 Å². The lowest BCUT2D eigenvalue weighted by Gasteiger charge is -2.03. The highest BCUT2D eigenvalue weighted by atomic mass is 16.1. The molecule has 1 N–H and O–H groups in total. The highest BCUT2D eigenvalue weighted by Crippen LogP contribution is 2.05. The molecule has 0 radical (unpaired) electrons. The summed E-state index contributed by atoms with van der Waals surface area (Å²) in [4.78, 5) is 11.3. The van der Waals surface area contributed by atoms with Crippen LogP contribution in [-0.2, 0) is 11.2 Å². The summed E-state index contributed by atoms with van der Waals surface area (Å²) in [6.45, 7) is 7.13. The Morgan fingerprint density at radius 3 is 2.57 bits per heavy atom. The summed E-state index contributed by atoms with van der Waals surface area (Å²) in [6.07, 6.45) is 1.93. The molecule has 72 valence electrons. The van der Waals surface area contributed by atoms with E-state index < -0.39 is 0 Å². The molecule has 1 amide bonds. The summed E-state index contributed by atoms with van der Waals surface area (Å²) in [5.74, 6) is -0.177. The van der Waals surface area contributed by atoms with E-state index >= 15 is 0 Å². The summed E-state index contributed by atoms with van der Waals surface area (Å²) in [5, 5.41) is 2.49. The summed E-state index contributed by atoms with van der Waals surface area (Å²) < 4.78 is 0. The maximum absolute atomic E-state index is 11.3. The van der Waals surface area contributed by atoms with Crippen LogP contribution in [0, 0.1) is 0 Å². The van der Waals surface area contributed by atoms with Gasteiger partial charge in [0.05, 0.1) is 0 Å². The molecule has 1 aromatic carbocycles. The maximum Gasteiger partial charge on any atom is 0.250 e. The molecule has 0 saturated carbocycles. The molecule has 0 atom stereocenters. The number of benzene rings is 1. The molecule has 0 bridgehead atoms.